The molecule has 4 nitrogen and oxygen atoms in total. The normalized spacial score (nSPS) is 13.6. The Labute approximate surface area is 115 Å². The molecule has 2 atom stereocenters. The van der Waals surface area contributed by atoms with Gasteiger partial charge in [0.1, 0.15) is 11.9 Å². The molecule has 1 aromatic rings. The Morgan fingerprint density at radius 2 is 1.89 bits per heavy atom. The molecule has 1 aromatic carbocycles. The second-order valence-corrected chi connectivity index (χ2v) is 5.33. The van der Waals surface area contributed by atoms with Crippen LogP contribution < -0.4 is 5.32 Å². The van der Waals surface area contributed by atoms with Crippen LogP contribution in [-0.2, 0) is 9.59 Å². The highest BCUT2D eigenvalue weighted by molar-refractivity contribution is 7.99. The summed E-state index contributed by atoms with van der Waals surface area (Å²) in [6, 6.07) is 5.11. The van der Waals surface area contributed by atoms with Crippen LogP contribution in [0.5, 0.6) is 0 Å². The van der Waals surface area contributed by atoms with Gasteiger partial charge < -0.3 is 10.4 Å². The molecule has 2 N–H and O–H groups in total. The van der Waals surface area contributed by atoms with Crippen molar-refractivity contribution in [3.05, 3.63) is 30.1 Å². The monoisotopic (exact) mass is 285 g/mol. The van der Waals surface area contributed by atoms with E-state index < -0.39 is 12.0 Å². The molecular weight excluding hydrogens is 269 g/mol. The van der Waals surface area contributed by atoms with E-state index in [1.807, 2.05) is 0 Å². The fourth-order valence-electron chi connectivity index (χ4n) is 1.25. The van der Waals surface area contributed by atoms with Gasteiger partial charge in [-0.1, -0.05) is 6.92 Å². The molecule has 0 bridgehead atoms. The van der Waals surface area contributed by atoms with E-state index in [0.717, 1.165) is 4.90 Å². The number of halogens is 1. The second-order valence-electron chi connectivity index (χ2n) is 4.23. The molecule has 0 radical (unpaired) electrons. The highest BCUT2D eigenvalue weighted by Crippen LogP contribution is 2.20. The number of carbonyl (C=O) groups is 2. The standard InChI is InChI=1S/C13H16FNO3S/c1-8(12(16)15-9(2)13(17)18)7-19-11-5-3-10(14)4-6-11/h3-6,8-9H,7H2,1-2H3,(H,15,16)(H,17,18)/t8?,9-/m1/s1. The van der Waals surface area contributed by atoms with Gasteiger partial charge in [0, 0.05) is 16.6 Å². The van der Waals surface area contributed by atoms with E-state index in [9.17, 15) is 14.0 Å². The fraction of sp³-hybridized carbons (Fsp3) is 0.385. The molecule has 1 unspecified atom stereocenters. The summed E-state index contributed by atoms with van der Waals surface area (Å²) in [4.78, 5) is 23.2. The lowest BCUT2D eigenvalue weighted by molar-refractivity contribution is -0.141. The highest BCUT2D eigenvalue weighted by atomic mass is 32.2. The maximum Gasteiger partial charge on any atom is 0.325 e. The topological polar surface area (TPSA) is 66.4 Å². The van der Waals surface area contributed by atoms with Crippen molar-refractivity contribution in [3.63, 3.8) is 0 Å². The number of carboxylic acids is 1. The Morgan fingerprint density at radius 1 is 1.32 bits per heavy atom. The number of hydrogen-bond acceptors (Lipinski definition) is 3. The first-order chi connectivity index (χ1) is 8.90. The molecule has 19 heavy (non-hydrogen) atoms. The summed E-state index contributed by atoms with van der Waals surface area (Å²) in [5.74, 6) is -1.48. The van der Waals surface area contributed by atoms with Crippen LogP contribution in [0.15, 0.2) is 29.2 Å². The molecule has 0 fully saturated rings. The third-order valence-corrected chi connectivity index (χ3v) is 3.76. The molecule has 0 heterocycles. The minimum atomic E-state index is -1.06. The summed E-state index contributed by atoms with van der Waals surface area (Å²) < 4.78 is 12.7. The molecule has 0 aromatic heterocycles. The van der Waals surface area contributed by atoms with E-state index in [0.29, 0.717) is 5.75 Å². The SMILES string of the molecule is CC(CSc1ccc(F)cc1)C(=O)N[C@H](C)C(=O)O. The molecule has 0 aliphatic rings. The zero-order chi connectivity index (χ0) is 14.4. The number of amides is 1. The van der Waals surface area contributed by atoms with Crippen LogP contribution in [0.4, 0.5) is 4.39 Å². The number of benzene rings is 1. The quantitative estimate of drug-likeness (QED) is 0.786. The summed E-state index contributed by atoms with van der Waals surface area (Å²) in [6.07, 6.45) is 0. The largest absolute Gasteiger partial charge is 0.480 e. The summed E-state index contributed by atoms with van der Waals surface area (Å²) in [6.45, 7) is 3.14. The first-order valence-electron chi connectivity index (χ1n) is 5.81. The summed E-state index contributed by atoms with van der Waals surface area (Å²) in [5.41, 5.74) is 0. The lowest BCUT2D eigenvalue weighted by Gasteiger charge is -2.14. The Morgan fingerprint density at radius 3 is 2.42 bits per heavy atom. The molecule has 6 heteroatoms. The van der Waals surface area contributed by atoms with Gasteiger partial charge in [-0.3, -0.25) is 9.59 Å². The first kappa shape index (κ1) is 15.5. The van der Waals surface area contributed by atoms with E-state index in [1.54, 1.807) is 19.1 Å². The predicted octanol–water partition coefficient (Wildman–Crippen LogP) is 2.14. The lowest BCUT2D eigenvalue weighted by Crippen LogP contribution is -2.41. The van der Waals surface area contributed by atoms with Crippen molar-refractivity contribution in [2.45, 2.75) is 24.8 Å². The van der Waals surface area contributed by atoms with Crippen molar-refractivity contribution in [3.8, 4) is 0 Å². The number of aliphatic carboxylic acids is 1. The van der Waals surface area contributed by atoms with Crippen LogP contribution >= 0.6 is 11.8 Å². The summed E-state index contributed by atoms with van der Waals surface area (Å²) in [7, 11) is 0. The molecule has 0 saturated heterocycles. The molecule has 0 spiro atoms. The molecule has 0 aliphatic heterocycles. The lowest BCUT2D eigenvalue weighted by atomic mass is 10.2. The van der Waals surface area contributed by atoms with Crippen LogP contribution in [0.1, 0.15) is 13.8 Å². The third-order valence-electron chi connectivity index (χ3n) is 2.49. The van der Waals surface area contributed by atoms with E-state index >= 15 is 0 Å². The smallest absolute Gasteiger partial charge is 0.325 e. The van der Waals surface area contributed by atoms with Crippen molar-refractivity contribution < 1.29 is 19.1 Å². The second kappa shape index (κ2) is 7.13. The Bertz CT molecular complexity index is 450. The zero-order valence-electron chi connectivity index (χ0n) is 10.7. The van der Waals surface area contributed by atoms with Crippen molar-refractivity contribution in [1.29, 1.82) is 0 Å². The Hall–Kier alpha value is -1.56. The maximum atomic E-state index is 12.7. The summed E-state index contributed by atoms with van der Waals surface area (Å²) in [5, 5.41) is 11.1. The van der Waals surface area contributed by atoms with Gasteiger partial charge in [-0.05, 0) is 31.2 Å². The van der Waals surface area contributed by atoms with Crippen LogP contribution in [0.2, 0.25) is 0 Å². The van der Waals surface area contributed by atoms with Crippen molar-refractivity contribution in [2.24, 2.45) is 5.92 Å². The van der Waals surface area contributed by atoms with Gasteiger partial charge in [0.05, 0.1) is 0 Å². The molecule has 1 amide bonds. The van der Waals surface area contributed by atoms with Gasteiger partial charge in [-0.15, -0.1) is 11.8 Å². The Kier molecular flexibility index (Phi) is 5.82. The minimum absolute atomic E-state index is 0.301. The molecule has 0 aliphatic carbocycles. The van der Waals surface area contributed by atoms with Crippen LogP contribution in [0.25, 0.3) is 0 Å². The average Bonchev–Trinajstić information content (AvgIpc) is 2.37. The molecule has 1 rings (SSSR count). The highest BCUT2D eigenvalue weighted by Gasteiger charge is 2.18. The van der Waals surface area contributed by atoms with Crippen LogP contribution in [0.3, 0.4) is 0 Å². The number of rotatable bonds is 6. The third kappa shape index (κ3) is 5.30. The van der Waals surface area contributed by atoms with Crippen LogP contribution in [0, 0.1) is 11.7 Å². The number of carboxylic acid groups (broad SMARTS) is 1. The van der Waals surface area contributed by atoms with E-state index in [4.69, 9.17) is 5.11 Å². The fourth-order valence-corrected chi connectivity index (χ4v) is 2.17. The molecule has 104 valence electrons. The predicted molar refractivity (Wildman–Crippen MR) is 71.5 cm³/mol. The molecule has 0 saturated carbocycles. The van der Waals surface area contributed by atoms with Gasteiger partial charge in [0.25, 0.3) is 0 Å². The van der Waals surface area contributed by atoms with Crippen LogP contribution in [-0.4, -0.2) is 28.8 Å². The number of nitrogens with one attached hydrogen (secondary N) is 1. The maximum absolute atomic E-state index is 12.7. The van der Waals surface area contributed by atoms with E-state index in [-0.39, 0.29) is 17.6 Å². The number of carbonyl (C=O) groups excluding carboxylic acids is 1. The number of hydrogen-bond donors (Lipinski definition) is 2. The van der Waals surface area contributed by atoms with Crippen molar-refractivity contribution >= 4 is 23.6 Å². The average molecular weight is 285 g/mol. The van der Waals surface area contributed by atoms with Gasteiger partial charge in [0.15, 0.2) is 0 Å². The van der Waals surface area contributed by atoms with Gasteiger partial charge in [-0.2, -0.15) is 0 Å². The molecular formula is C13H16FNO3S. The van der Waals surface area contributed by atoms with Gasteiger partial charge in [0.2, 0.25) is 5.91 Å². The van der Waals surface area contributed by atoms with Crippen molar-refractivity contribution in [2.75, 3.05) is 5.75 Å². The van der Waals surface area contributed by atoms with E-state index in [1.165, 1.54) is 30.8 Å². The Balaban J connectivity index is 2.42. The summed E-state index contributed by atoms with van der Waals surface area (Å²) >= 11 is 1.43. The zero-order valence-corrected chi connectivity index (χ0v) is 11.5. The van der Waals surface area contributed by atoms with Gasteiger partial charge >= 0.3 is 5.97 Å². The van der Waals surface area contributed by atoms with Gasteiger partial charge in [-0.25, -0.2) is 4.39 Å². The minimum Gasteiger partial charge on any atom is -0.480 e. The first-order valence-corrected chi connectivity index (χ1v) is 6.80. The van der Waals surface area contributed by atoms with Crippen molar-refractivity contribution in [1.82, 2.24) is 5.32 Å². The number of thioether (sulfide) groups is 1. The van der Waals surface area contributed by atoms with E-state index in [2.05, 4.69) is 5.32 Å².